The first kappa shape index (κ1) is 20.2. The third-order valence-corrected chi connectivity index (χ3v) is 6.50. The van der Waals surface area contributed by atoms with Crippen LogP contribution in [0.25, 0.3) is 11.0 Å². The van der Waals surface area contributed by atoms with Gasteiger partial charge in [0.25, 0.3) is 10.0 Å². The molecule has 4 aromatic rings. The van der Waals surface area contributed by atoms with Gasteiger partial charge in [0, 0.05) is 6.42 Å². The van der Waals surface area contributed by atoms with Crippen LogP contribution in [0.4, 0.5) is 13.2 Å². The minimum absolute atomic E-state index is 0.275. The highest BCUT2D eigenvalue weighted by molar-refractivity contribution is 7.90. The lowest BCUT2D eigenvalue weighted by Gasteiger charge is -2.13. The smallest absolute Gasteiger partial charge is 0.232 e. The third kappa shape index (κ3) is 3.82. The number of aromatic nitrogens is 2. The summed E-state index contributed by atoms with van der Waals surface area (Å²) in [5.74, 6) is 0.275. The van der Waals surface area contributed by atoms with Crippen molar-refractivity contribution in [1.29, 1.82) is 0 Å². The molecule has 0 atom stereocenters. The van der Waals surface area contributed by atoms with Crippen molar-refractivity contribution < 1.29 is 21.6 Å². The number of fused-ring (bicyclic) bond motifs is 1. The first-order valence-corrected chi connectivity index (χ1v) is 10.6. The average Bonchev–Trinajstić information content (AvgIpc) is 3.12. The maximum atomic E-state index is 13.4. The van der Waals surface area contributed by atoms with Crippen LogP contribution in [0.15, 0.2) is 83.8 Å². The summed E-state index contributed by atoms with van der Waals surface area (Å²) in [4.78, 5) is 4.02. The van der Waals surface area contributed by atoms with Gasteiger partial charge in [-0.3, -0.25) is 0 Å². The molecule has 1 heterocycles. The van der Waals surface area contributed by atoms with E-state index in [2.05, 4.69) is 4.98 Å². The molecule has 0 unspecified atom stereocenters. The molecule has 1 aromatic heterocycles. The number of hydrogen-bond acceptors (Lipinski definition) is 3. The number of nitrogens with zero attached hydrogens (tertiary/aromatic N) is 2. The second-order valence-corrected chi connectivity index (χ2v) is 8.58. The van der Waals surface area contributed by atoms with Crippen molar-refractivity contribution in [1.82, 2.24) is 8.96 Å². The molecule has 0 amide bonds. The topological polar surface area (TPSA) is 52.0 Å². The van der Waals surface area contributed by atoms with E-state index < -0.39 is 26.7 Å². The van der Waals surface area contributed by atoms with Crippen LogP contribution in [-0.2, 0) is 29.0 Å². The summed E-state index contributed by atoms with van der Waals surface area (Å²) >= 11 is 0. The zero-order valence-electron chi connectivity index (χ0n) is 15.7. The van der Waals surface area contributed by atoms with Crippen molar-refractivity contribution >= 4 is 21.1 Å². The summed E-state index contributed by atoms with van der Waals surface area (Å²) in [5.41, 5.74) is 0.792. The lowest BCUT2D eigenvalue weighted by atomic mass is 10.1. The predicted octanol–water partition coefficient (Wildman–Crippen LogP) is 5.08. The molecule has 30 heavy (non-hydrogen) atoms. The van der Waals surface area contributed by atoms with Crippen molar-refractivity contribution in [2.75, 3.05) is 0 Å². The highest BCUT2D eigenvalue weighted by Crippen LogP contribution is 2.32. The minimum atomic E-state index is -4.64. The summed E-state index contributed by atoms with van der Waals surface area (Å²) in [6, 6.07) is 20.0. The zero-order chi connectivity index (χ0) is 21.4. The predicted molar refractivity (Wildman–Crippen MR) is 108 cm³/mol. The molecule has 4 nitrogen and oxygen atoms in total. The molecule has 0 N–H and O–H groups in total. The summed E-state index contributed by atoms with van der Waals surface area (Å²) in [7, 11) is -4.29. The maximum absolute atomic E-state index is 13.4. The molecule has 4 rings (SSSR count). The second kappa shape index (κ2) is 7.60. The van der Waals surface area contributed by atoms with Gasteiger partial charge in [-0.25, -0.2) is 17.4 Å². The monoisotopic (exact) mass is 430 g/mol. The van der Waals surface area contributed by atoms with Crippen LogP contribution >= 0.6 is 0 Å². The van der Waals surface area contributed by atoms with E-state index in [0.29, 0.717) is 29.9 Å². The van der Waals surface area contributed by atoms with Crippen LogP contribution in [-0.4, -0.2) is 17.4 Å². The molecule has 0 aliphatic rings. The third-order valence-electron chi connectivity index (χ3n) is 4.76. The first-order chi connectivity index (χ1) is 14.3. The molecule has 0 bridgehead atoms. The first-order valence-electron chi connectivity index (χ1n) is 9.20. The van der Waals surface area contributed by atoms with Gasteiger partial charge in [-0.05, 0) is 42.3 Å². The number of rotatable bonds is 5. The molecule has 0 aliphatic carbocycles. The molecule has 0 aliphatic heterocycles. The van der Waals surface area contributed by atoms with Gasteiger partial charge in [0.05, 0.1) is 21.5 Å². The van der Waals surface area contributed by atoms with Gasteiger partial charge in [-0.1, -0.05) is 48.5 Å². The molecule has 3 aromatic carbocycles. The Morgan fingerprint density at radius 3 is 2.27 bits per heavy atom. The van der Waals surface area contributed by atoms with E-state index in [1.54, 1.807) is 24.3 Å². The van der Waals surface area contributed by atoms with Gasteiger partial charge in [0.1, 0.15) is 5.82 Å². The van der Waals surface area contributed by atoms with Gasteiger partial charge in [0.2, 0.25) is 0 Å². The molecule has 8 heteroatoms. The van der Waals surface area contributed by atoms with Gasteiger partial charge >= 0.3 is 6.18 Å². The SMILES string of the molecule is O=S(=O)(c1cccc(C(F)(F)F)c1)n1c(CCc2ccccc2)nc2ccccc21. The van der Waals surface area contributed by atoms with E-state index in [9.17, 15) is 21.6 Å². The van der Waals surface area contributed by atoms with E-state index in [1.807, 2.05) is 30.3 Å². The standard InChI is InChI=1S/C22H17F3N2O2S/c23-22(24,25)17-9-6-10-18(15-17)30(28,29)27-20-12-5-4-11-19(20)26-21(27)14-13-16-7-2-1-3-8-16/h1-12,15H,13-14H2. The van der Waals surface area contributed by atoms with Crippen LogP contribution in [0, 0.1) is 0 Å². The van der Waals surface area contributed by atoms with E-state index >= 15 is 0 Å². The Hall–Kier alpha value is -3.13. The number of para-hydroxylation sites is 2. The maximum Gasteiger partial charge on any atom is 0.416 e. The Morgan fingerprint density at radius 1 is 0.833 bits per heavy atom. The van der Waals surface area contributed by atoms with Gasteiger partial charge in [-0.15, -0.1) is 0 Å². The fourth-order valence-electron chi connectivity index (χ4n) is 3.32. The van der Waals surface area contributed by atoms with Gasteiger partial charge < -0.3 is 0 Å². The molecular weight excluding hydrogens is 413 g/mol. The molecular formula is C22H17F3N2O2S. The molecule has 0 radical (unpaired) electrons. The Morgan fingerprint density at radius 2 is 1.53 bits per heavy atom. The van der Waals surface area contributed by atoms with Crippen molar-refractivity contribution in [3.8, 4) is 0 Å². The van der Waals surface area contributed by atoms with Crippen LogP contribution in [0.5, 0.6) is 0 Å². The molecule has 0 saturated heterocycles. The highest BCUT2D eigenvalue weighted by atomic mass is 32.2. The lowest BCUT2D eigenvalue weighted by Crippen LogP contribution is -2.17. The number of aryl methyl sites for hydroxylation is 2. The molecule has 0 spiro atoms. The fourth-order valence-corrected chi connectivity index (χ4v) is 4.88. The number of alkyl halides is 3. The second-order valence-electron chi connectivity index (χ2n) is 6.80. The van der Waals surface area contributed by atoms with E-state index in [0.717, 1.165) is 21.7 Å². The Labute approximate surface area is 171 Å². The largest absolute Gasteiger partial charge is 0.416 e. The van der Waals surface area contributed by atoms with E-state index in [4.69, 9.17) is 0 Å². The van der Waals surface area contributed by atoms with Crippen LogP contribution < -0.4 is 0 Å². The van der Waals surface area contributed by atoms with Crippen molar-refractivity contribution in [3.05, 3.63) is 95.8 Å². The van der Waals surface area contributed by atoms with E-state index in [-0.39, 0.29) is 5.82 Å². The molecule has 0 saturated carbocycles. The fraction of sp³-hybridized carbons (Fsp3) is 0.136. The summed E-state index contributed by atoms with van der Waals surface area (Å²) in [6.45, 7) is 0. The normalized spacial score (nSPS) is 12.4. The van der Waals surface area contributed by atoms with Crippen LogP contribution in [0.2, 0.25) is 0 Å². The Bertz CT molecular complexity index is 1300. The minimum Gasteiger partial charge on any atom is -0.232 e. The Kier molecular flexibility index (Phi) is 5.11. The molecule has 154 valence electrons. The quantitative estimate of drug-likeness (QED) is 0.444. The van der Waals surface area contributed by atoms with Crippen LogP contribution in [0.1, 0.15) is 17.0 Å². The zero-order valence-corrected chi connectivity index (χ0v) is 16.5. The number of benzene rings is 3. The summed E-state index contributed by atoms with van der Waals surface area (Å²) in [5, 5.41) is 0. The number of halogens is 3. The number of imidazole rings is 1. The summed E-state index contributed by atoms with van der Waals surface area (Å²) < 4.78 is 67.2. The molecule has 0 fully saturated rings. The van der Waals surface area contributed by atoms with Crippen molar-refractivity contribution in [2.45, 2.75) is 23.9 Å². The number of hydrogen-bond donors (Lipinski definition) is 0. The van der Waals surface area contributed by atoms with Gasteiger partial charge in [0.15, 0.2) is 0 Å². The highest BCUT2D eigenvalue weighted by Gasteiger charge is 2.32. The average molecular weight is 430 g/mol. The van der Waals surface area contributed by atoms with Gasteiger partial charge in [-0.2, -0.15) is 13.2 Å². The Balaban J connectivity index is 1.82. The van der Waals surface area contributed by atoms with Crippen molar-refractivity contribution in [2.24, 2.45) is 0 Å². The lowest BCUT2D eigenvalue weighted by molar-refractivity contribution is -0.137. The summed E-state index contributed by atoms with van der Waals surface area (Å²) in [6.07, 6.45) is -3.78. The van der Waals surface area contributed by atoms with Crippen molar-refractivity contribution in [3.63, 3.8) is 0 Å². The van der Waals surface area contributed by atoms with E-state index in [1.165, 1.54) is 6.07 Å². The van der Waals surface area contributed by atoms with Crippen LogP contribution in [0.3, 0.4) is 0 Å².